The molecule has 33 heavy (non-hydrogen) atoms. The molecule has 0 spiro atoms. The Morgan fingerprint density at radius 1 is 0.909 bits per heavy atom. The lowest BCUT2D eigenvalue weighted by atomic mass is 10.1. The highest BCUT2D eigenvalue weighted by molar-refractivity contribution is 7.92. The van der Waals surface area contributed by atoms with Gasteiger partial charge in [0, 0.05) is 16.9 Å². The molecule has 0 aliphatic carbocycles. The summed E-state index contributed by atoms with van der Waals surface area (Å²) in [4.78, 5) is 24.7. The first-order valence-electron chi connectivity index (χ1n) is 10.1. The molecule has 3 aromatic carbocycles. The van der Waals surface area contributed by atoms with Crippen LogP contribution < -0.4 is 20.1 Å². The third-order valence-electron chi connectivity index (χ3n) is 4.90. The predicted molar refractivity (Wildman–Crippen MR) is 127 cm³/mol. The average Bonchev–Trinajstić information content (AvgIpc) is 2.80. The molecule has 0 aliphatic rings. The van der Waals surface area contributed by atoms with E-state index in [0.717, 1.165) is 11.1 Å². The van der Waals surface area contributed by atoms with Gasteiger partial charge in [-0.15, -0.1) is 0 Å². The summed E-state index contributed by atoms with van der Waals surface area (Å²) in [6.07, 6.45) is 0. The molecule has 0 heterocycles. The number of anilines is 2. The van der Waals surface area contributed by atoms with Crippen LogP contribution >= 0.6 is 0 Å². The maximum Gasteiger partial charge on any atom is 0.261 e. The molecule has 0 fully saturated rings. The van der Waals surface area contributed by atoms with E-state index in [4.69, 9.17) is 4.74 Å². The number of methoxy groups -OCH3 is 1. The van der Waals surface area contributed by atoms with Crippen LogP contribution in [0.15, 0.2) is 71.6 Å². The number of hydrogen-bond acceptors (Lipinski definition) is 5. The topological polar surface area (TPSA) is 114 Å². The molecule has 0 saturated carbocycles. The highest BCUT2D eigenvalue weighted by Crippen LogP contribution is 2.21. The molecule has 2 amide bonds. The van der Waals surface area contributed by atoms with Crippen molar-refractivity contribution in [3.05, 3.63) is 83.4 Å². The van der Waals surface area contributed by atoms with Gasteiger partial charge in [0.1, 0.15) is 5.75 Å². The van der Waals surface area contributed by atoms with E-state index < -0.39 is 15.9 Å². The minimum atomic E-state index is -3.92. The molecule has 0 bridgehead atoms. The number of amides is 2. The molecule has 0 atom stereocenters. The van der Waals surface area contributed by atoms with Crippen LogP contribution in [0, 0.1) is 13.8 Å². The molecule has 3 N–H and O–H groups in total. The average molecular weight is 468 g/mol. The van der Waals surface area contributed by atoms with Crippen molar-refractivity contribution in [3.63, 3.8) is 0 Å². The van der Waals surface area contributed by atoms with Crippen LogP contribution in [0.1, 0.15) is 21.5 Å². The molecule has 8 nitrogen and oxygen atoms in total. The number of para-hydroxylation sites is 1. The third kappa shape index (κ3) is 6.11. The van der Waals surface area contributed by atoms with Crippen LogP contribution in [-0.4, -0.2) is 33.9 Å². The van der Waals surface area contributed by atoms with E-state index in [0.29, 0.717) is 17.1 Å². The standard InChI is InChI=1S/C24H25N3O5S/c1-16-6-4-7-17(2)23(16)26-22(28)15-25-24(29)18-8-5-9-21(14-18)33(30,31)27-19-10-12-20(32-3)13-11-19/h4-14,27H,15H2,1-3H3,(H,25,29)(H,26,28). The summed E-state index contributed by atoms with van der Waals surface area (Å²) in [5.74, 6) is -0.350. The minimum absolute atomic E-state index is 0.0778. The molecule has 172 valence electrons. The number of sulfonamides is 1. The summed E-state index contributed by atoms with van der Waals surface area (Å²) >= 11 is 0. The SMILES string of the molecule is COc1ccc(NS(=O)(=O)c2cccc(C(=O)NCC(=O)Nc3c(C)cccc3C)c2)cc1. The predicted octanol–water partition coefficient (Wildman–Crippen LogP) is 3.48. The molecule has 0 unspecified atom stereocenters. The second-order valence-electron chi connectivity index (χ2n) is 7.36. The van der Waals surface area contributed by atoms with Gasteiger partial charge in [-0.05, 0) is 67.4 Å². The Kier molecular flexibility index (Phi) is 7.34. The molecule has 0 aliphatic heterocycles. The van der Waals surface area contributed by atoms with Crippen molar-refractivity contribution in [3.8, 4) is 5.75 Å². The summed E-state index contributed by atoms with van der Waals surface area (Å²) < 4.78 is 33.0. The number of ether oxygens (including phenoxy) is 1. The minimum Gasteiger partial charge on any atom is -0.497 e. The Bertz CT molecular complexity index is 1250. The van der Waals surface area contributed by atoms with E-state index in [-0.39, 0.29) is 22.9 Å². The van der Waals surface area contributed by atoms with E-state index >= 15 is 0 Å². The van der Waals surface area contributed by atoms with Crippen molar-refractivity contribution in [2.24, 2.45) is 0 Å². The zero-order valence-electron chi connectivity index (χ0n) is 18.5. The summed E-state index contributed by atoms with van der Waals surface area (Å²) in [6, 6.07) is 17.6. The van der Waals surface area contributed by atoms with Gasteiger partial charge in [-0.3, -0.25) is 14.3 Å². The highest BCUT2D eigenvalue weighted by atomic mass is 32.2. The van der Waals surface area contributed by atoms with Crippen molar-refractivity contribution in [1.82, 2.24) is 5.32 Å². The molecule has 0 saturated heterocycles. The van der Waals surface area contributed by atoms with E-state index in [1.165, 1.54) is 31.4 Å². The number of carbonyl (C=O) groups is 2. The van der Waals surface area contributed by atoms with Crippen molar-refractivity contribution in [2.75, 3.05) is 23.7 Å². The lowest BCUT2D eigenvalue weighted by Gasteiger charge is -2.12. The van der Waals surface area contributed by atoms with Crippen LogP contribution in [-0.2, 0) is 14.8 Å². The van der Waals surface area contributed by atoms with Gasteiger partial charge < -0.3 is 15.4 Å². The number of rotatable bonds is 8. The van der Waals surface area contributed by atoms with Gasteiger partial charge in [-0.25, -0.2) is 8.42 Å². The van der Waals surface area contributed by atoms with Gasteiger partial charge in [0.25, 0.3) is 15.9 Å². The fourth-order valence-electron chi connectivity index (χ4n) is 3.14. The van der Waals surface area contributed by atoms with Gasteiger partial charge in [-0.2, -0.15) is 0 Å². The zero-order chi connectivity index (χ0) is 24.0. The number of benzene rings is 3. The largest absolute Gasteiger partial charge is 0.497 e. The molecule has 0 radical (unpaired) electrons. The second-order valence-corrected chi connectivity index (χ2v) is 9.04. The molecule has 3 aromatic rings. The van der Waals surface area contributed by atoms with E-state index in [1.54, 1.807) is 24.3 Å². The van der Waals surface area contributed by atoms with Crippen LogP contribution in [0.4, 0.5) is 11.4 Å². The second kappa shape index (κ2) is 10.2. The molecular weight excluding hydrogens is 442 g/mol. The molecule has 0 aromatic heterocycles. The number of nitrogens with one attached hydrogen (secondary N) is 3. The lowest BCUT2D eigenvalue weighted by Crippen LogP contribution is -2.33. The maximum atomic E-state index is 12.7. The summed E-state index contributed by atoms with van der Waals surface area (Å²) in [5, 5.41) is 5.31. The Morgan fingerprint density at radius 2 is 1.55 bits per heavy atom. The molecule has 9 heteroatoms. The number of aryl methyl sites for hydroxylation is 2. The van der Waals surface area contributed by atoms with Crippen molar-refractivity contribution in [1.29, 1.82) is 0 Å². The van der Waals surface area contributed by atoms with E-state index in [2.05, 4.69) is 15.4 Å². The van der Waals surface area contributed by atoms with Crippen LogP contribution in [0.5, 0.6) is 5.75 Å². The third-order valence-corrected chi connectivity index (χ3v) is 6.28. The first-order valence-corrected chi connectivity index (χ1v) is 11.6. The van der Waals surface area contributed by atoms with Crippen LogP contribution in [0.2, 0.25) is 0 Å². The molecule has 3 rings (SSSR count). The van der Waals surface area contributed by atoms with Crippen molar-refractivity contribution in [2.45, 2.75) is 18.7 Å². The van der Waals surface area contributed by atoms with Crippen LogP contribution in [0.25, 0.3) is 0 Å². The van der Waals surface area contributed by atoms with E-state index in [1.807, 2.05) is 32.0 Å². The summed E-state index contributed by atoms with van der Waals surface area (Å²) in [6.45, 7) is 3.51. The monoisotopic (exact) mass is 467 g/mol. The Hall–Kier alpha value is -3.85. The number of hydrogen-bond donors (Lipinski definition) is 3. The fourth-order valence-corrected chi connectivity index (χ4v) is 4.24. The first-order chi connectivity index (χ1) is 15.7. The van der Waals surface area contributed by atoms with Gasteiger partial charge in [0.05, 0.1) is 18.6 Å². The summed E-state index contributed by atoms with van der Waals surface area (Å²) in [5.41, 5.74) is 3.00. The Morgan fingerprint density at radius 3 is 2.18 bits per heavy atom. The zero-order valence-corrected chi connectivity index (χ0v) is 19.3. The first kappa shape index (κ1) is 23.8. The van der Waals surface area contributed by atoms with Crippen LogP contribution in [0.3, 0.4) is 0 Å². The van der Waals surface area contributed by atoms with Gasteiger partial charge >= 0.3 is 0 Å². The highest BCUT2D eigenvalue weighted by Gasteiger charge is 2.17. The lowest BCUT2D eigenvalue weighted by molar-refractivity contribution is -0.115. The fraction of sp³-hybridized carbons (Fsp3) is 0.167. The van der Waals surface area contributed by atoms with Gasteiger partial charge in [0.2, 0.25) is 5.91 Å². The Balaban J connectivity index is 1.65. The van der Waals surface area contributed by atoms with Gasteiger partial charge in [0.15, 0.2) is 0 Å². The quantitative estimate of drug-likeness (QED) is 0.469. The van der Waals surface area contributed by atoms with Gasteiger partial charge in [-0.1, -0.05) is 24.3 Å². The van der Waals surface area contributed by atoms with E-state index in [9.17, 15) is 18.0 Å². The number of carbonyl (C=O) groups excluding carboxylic acids is 2. The Labute approximate surface area is 193 Å². The maximum absolute atomic E-state index is 12.7. The smallest absolute Gasteiger partial charge is 0.261 e. The summed E-state index contributed by atoms with van der Waals surface area (Å²) in [7, 11) is -2.40. The van der Waals surface area contributed by atoms with Crippen molar-refractivity contribution >= 4 is 33.2 Å². The normalized spacial score (nSPS) is 10.9. The molecular formula is C24H25N3O5S. The van der Waals surface area contributed by atoms with Crippen molar-refractivity contribution < 1.29 is 22.7 Å².